The number of aromatic nitrogens is 1. The van der Waals surface area contributed by atoms with E-state index in [1.165, 1.54) is 6.07 Å². The minimum Gasteiger partial charge on any atom is -0.507 e. The molecule has 1 saturated carbocycles. The number of hydrogen-bond donors (Lipinski definition) is 2. The van der Waals surface area contributed by atoms with Crippen LogP contribution >= 0.6 is 0 Å². The maximum absolute atomic E-state index is 13.8. The van der Waals surface area contributed by atoms with E-state index >= 15 is 0 Å². The van der Waals surface area contributed by atoms with Gasteiger partial charge >= 0.3 is 5.97 Å². The third-order valence-corrected chi connectivity index (χ3v) is 10.1. The SMILES string of the molecule is O=C1OC(Cc2ccccc2)(Cc2ccccc2)C(O)=C1C(c1cccc(NS(=O)(=O)c2cccc3cccnc23)c1)C1CC1. The van der Waals surface area contributed by atoms with Gasteiger partial charge in [0.05, 0.1) is 11.1 Å². The molecule has 1 atom stereocenters. The second-order valence-electron chi connectivity index (χ2n) is 11.8. The average molecular weight is 617 g/mol. The zero-order valence-corrected chi connectivity index (χ0v) is 25.3. The summed E-state index contributed by atoms with van der Waals surface area (Å²) in [6.07, 6.45) is 3.98. The summed E-state index contributed by atoms with van der Waals surface area (Å²) in [6, 6.07) is 35.1. The molecule has 0 radical (unpaired) electrons. The summed E-state index contributed by atoms with van der Waals surface area (Å²) in [4.78, 5) is 18.2. The second kappa shape index (κ2) is 11.5. The Morgan fingerprint density at radius 2 is 1.49 bits per heavy atom. The smallest absolute Gasteiger partial charge is 0.339 e. The Balaban J connectivity index is 1.26. The summed E-state index contributed by atoms with van der Waals surface area (Å²) < 4.78 is 36.0. The van der Waals surface area contributed by atoms with E-state index in [0.29, 0.717) is 24.0 Å². The highest BCUT2D eigenvalue weighted by Crippen LogP contribution is 2.52. The van der Waals surface area contributed by atoms with Crippen molar-refractivity contribution < 1.29 is 23.1 Å². The van der Waals surface area contributed by atoms with Gasteiger partial charge < -0.3 is 9.84 Å². The quantitative estimate of drug-likeness (QED) is 0.162. The molecule has 2 heterocycles. The molecular formula is C37H32N2O5S. The molecule has 226 valence electrons. The number of ether oxygens (including phenoxy) is 1. The van der Waals surface area contributed by atoms with E-state index in [0.717, 1.165) is 34.9 Å². The van der Waals surface area contributed by atoms with Gasteiger partial charge in [0.15, 0.2) is 5.60 Å². The Kier molecular flexibility index (Phi) is 7.37. The van der Waals surface area contributed by atoms with Crippen LogP contribution in [0.5, 0.6) is 0 Å². The van der Waals surface area contributed by atoms with Gasteiger partial charge in [0.2, 0.25) is 0 Å². The monoisotopic (exact) mass is 616 g/mol. The van der Waals surface area contributed by atoms with Crippen molar-refractivity contribution >= 4 is 32.6 Å². The molecule has 4 aromatic carbocycles. The topological polar surface area (TPSA) is 106 Å². The molecule has 0 bridgehead atoms. The van der Waals surface area contributed by atoms with Gasteiger partial charge in [-0.25, -0.2) is 13.2 Å². The molecule has 7 nitrogen and oxygen atoms in total. The van der Waals surface area contributed by atoms with E-state index in [1.807, 2.05) is 78.9 Å². The van der Waals surface area contributed by atoms with Gasteiger partial charge in [0, 0.05) is 36.0 Å². The first kappa shape index (κ1) is 28.8. The lowest BCUT2D eigenvalue weighted by Crippen LogP contribution is -2.37. The van der Waals surface area contributed by atoms with Crippen molar-refractivity contribution in [2.75, 3.05) is 4.72 Å². The molecule has 0 amide bonds. The first-order valence-electron chi connectivity index (χ1n) is 15.0. The molecule has 1 fully saturated rings. The zero-order chi connectivity index (χ0) is 31.0. The lowest BCUT2D eigenvalue weighted by Gasteiger charge is -2.29. The number of anilines is 1. The van der Waals surface area contributed by atoms with Gasteiger partial charge in [-0.1, -0.05) is 91.0 Å². The van der Waals surface area contributed by atoms with Gasteiger partial charge in [0.25, 0.3) is 10.0 Å². The third-order valence-electron chi connectivity index (χ3n) is 8.65. The number of carbonyl (C=O) groups excluding carboxylic acids is 1. The van der Waals surface area contributed by atoms with Gasteiger partial charge in [-0.2, -0.15) is 0 Å². The molecule has 2 aliphatic rings. The first-order valence-corrected chi connectivity index (χ1v) is 16.5. The average Bonchev–Trinajstić information content (AvgIpc) is 3.85. The minimum atomic E-state index is -3.98. The van der Waals surface area contributed by atoms with Crippen molar-refractivity contribution in [3.63, 3.8) is 0 Å². The van der Waals surface area contributed by atoms with Crippen LogP contribution in [0.1, 0.15) is 35.4 Å². The molecule has 7 rings (SSSR count). The first-order chi connectivity index (χ1) is 21.8. The number of para-hydroxylation sites is 1. The molecule has 5 aromatic rings. The van der Waals surface area contributed by atoms with Crippen LogP contribution in [-0.4, -0.2) is 30.1 Å². The number of pyridine rings is 1. The molecular weight excluding hydrogens is 584 g/mol. The van der Waals surface area contributed by atoms with Crippen molar-refractivity contribution in [3.05, 3.63) is 149 Å². The standard InChI is InChI=1S/C37H32N2O5S/c40-35-33(36(41)44-37(35,23-25-10-3-1-4-11-25)24-26-12-5-2-6-13-26)32(27-19-20-27)29-15-7-17-30(22-29)39-45(42,43)31-18-8-14-28-16-9-21-38-34(28)31/h1-18,21-22,27,32,39-40H,19-20,23-24H2. The highest BCUT2D eigenvalue weighted by molar-refractivity contribution is 7.93. The van der Waals surface area contributed by atoms with Crippen molar-refractivity contribution in [2.45, 2.75) is 42.1 Å². The Morgan fingerprint density at radius 3 is 2.16 bits per heavy atom. The van der Waals surface area contributed by atoms with E-state index in [2.05, 4.69) is 9.71 Å². The number of aliphatic hydroxyl groups excluding tert-OH is 1. The summed E-state index contributed by atoms with van der Waals surface area (Å²) in [5.74, 6) is -0.920. The Hall–Kier alpha value is -4.95. The number of esters is 1. The summed E-state index contributed by atoms with van der Waals surface area (Å²) >= 11 is 0. The number of hydrogen-bond acceptors (Lipinski definition) is 6. The van der Waals surface area contributed by atoms with E-state index in [-0.39, 0.29) is 22.1 Å². The van der Waals surface area contributed by atoms with Crippen molar-refractivity contribution in [3.8, 4) is 0 Å². The van der Waals surface area contributed by atoms with Crippen LogP contribution in [-0.2, 0) is 32.4 Å². The number of cyclic esters (lactones) is 1. The predicted molar refractivity (Wildman–Crippen MR) is 173 cm³/mol. The number of rotatable bonds is 10. The number of carbonyl (C=O) groups is 1. The van der Waals surface area contributed by atoms with E-state index in [1.54, 1.807) is 36.5 Å². The molecule has 8 heteroatoms. The summed E-state index contributed by atoms with van der Waals surface area (Å²) in [7, 11) is -3.98. The fraction of sp³-hybridized carbons (Fsp3) is 0.189. The summed E-state index contributed by atoms with van der Waals surface area (Å²) in [5.41, 5.74) is 2.36. The fourth-order valence-corrected chi connectivity index (χ4v) is 7.68. The van der Waals surface area contributed by atoms with Crippen LogP contribution in [0.4, 0.5) is 5.69 Å². The van der Waals surface area contributed by atoms with Crippen LogP contribution in [0, 0.1) is 5.92 Å². The van der Waals surface area contributed by atoms with Crippen molar-refractivity contribution in [2.24, 2.45) is 5.92 Å². The van der Waals surface area contributed by atoms with Gasteiger partial charge in [-0.3, -0.25) is 9.71 Å². The van der Waals surface area contributed by atoms with Crippen molar-refractivity contribution in [1.29, 1.82) is 0 Å². The molecule has 1 unspecified atom stereocenters. The number of fused-ring (bicyclic) bond motifs is 1. The van der Waals surface area contributed by atoms with Crippen LogP contribution in [0.3, 0.4) is 0 Å². The predicted octanol–water partition coefficient (Wildman–Crippen LogP) is 7.12. The van der Waals surface area contributed by atoms with Crippen LogP contribution in [0.2, 0.25) is 0 Å². The minimum absolute atomic E-state index is 0.0510. The molecule has 1 aliphatic heterocycles. The number of benzene rings is 4. The molecule has 45 heavy (non-hydrogen) atoms. The molecule has 0 spiro atoms. The van der Waals surface area contributed by atoms with Gasteiger partial charge in [-0.15, -0.1) is 0 Å². The maximum atomic E-state index is 13.8. The fourth-order valence-electron chi connectivity index (χ4n) is 6.45. The zero-order valence-electron chi connectivity index (χ0n) is 24.5. The largest absolute Gasteiger partial charge is 0.507 e. The Morgan fingerprint density at radius 1 is 0.844 bits per heavy atom. The number of nitrogens with one attached hydrogen (secondary N) is 1. The van der Waals surface area contributed by atoms with Gasteiger partial charge in [-0.05, 0) is 59.7 Å². The summed E-state index contributed by atoms with van der Waals surface area (Å²) in [5, 5.41) is 12.7. The lowest BCUT2D eigenvalue weighted by atomic mass is 9.81. The van der Waals surface area contributed by atoms with E-state index < -0.39 is 27.5 Å². The third kappa shape index (κ3) is 5.69. The molecule has 0 saturated heterocycles. The highest BCUT2D eigenvalue weighted by Gasteiger charge is 2.52. The molecule has 1 aliphatic carbocycles. The summed E-state index contributed by atoms with van der Waals surface area (Å²) in [6.45, 7) is 0. The number of sulfonamides is 1. The van der Waals surface area contributed by atoms with Crippen LogP contribution < -0.4 is 4.72 Å². The number of nitrogens with zero attached hydrogens (tertiary/aromatic N) is 1. The van der Waals surface area contributed by atoms with Gasteiger partial charge in [0.1, 0.15) is 10.7 Å². The Bertz CT molecular complexity index is 1980. The van der Waals surface area contributed by atoms with Crippen molar-refractivity contribution in [1.82, 2.24) is 4.98 Å². The number of aliphatic hydroxyl groups is 1. The van der Waals surface area contributed by atoms with Crippen LogP contribution in [0.25, 0.3) is 10.9 Å². The second-order valence-corrected chi connectivity index (χ2v) is 13.5. The van der Waals surface area contributed by atoms with Crippen LogP contribution in [0.15, 0.2) is 138 Å². The molecule has 2 N–H and O–H groups in total. The van der Waals surface area contributed by atoms with E-state index in [9.17, 15) is 18.3 Å². The normalized spacial score (nSPS) is 16.8. The lowest BCUT2D eigenvalue weighted by molar-refractivity contribution is -0.148. The van der Waals surface area contributed by atoms with E-state index in [4.69, 9.17) is 4.74 Å². The highest BCUT2D eigenvalue weighted by atomic mass is 32.2. The molecule has 1 aromatic heterocycles. The maximum Gasteiger partial charge on any atom is 0.339 e. The Labute approximate surface area is 262 Å².